The van der Waals surface area contributed by atoms with Crippen molar-refractivity contribution in [1.82, 2.24) is 0 Å². The SMILES string of the molecule is NC(=O)C(Cl)([N+](=O)[O-])C(F)(F)F. The van der Waals surface area contributed by atoms with Crippen LogP contribution in [0.1, 0.15) is 0 Å². The third kappa shape index (κ3) is 1.42. The lowest BCUT2D eigenvalue weighted by atomic mass is 10.3. The standard InChI is InChI=1S/C3H2ClF3N2O3/c4-2(1(8)10,9(11)12)3(5,6)7/h(H2,8,10). The third-order valence-electron chi connectivity index (χ3n) is 0.954. The Morgan fingerprint density at radius 1 is 1.50 bits per heavy atom. The lowest BCUT2D eigenvalue weighted by Crippen LogP contribution is -2.56. The highest BCUT2D eigenvalue weighted by atomic mass is 35.5. The van der Waals surface area contributed by atoms with Crippen LogP contribution in [0.25, 0.3) is 0 Å². The monoisotopic (exact) mass is 206 g/mol. The van der Waals surface area contributed by atoms with Crippen LogP contribution in [0.2, 0.25) is 0 Å². The van der Waals surface area contributed by atoms with Gasteiger partial charge in [0, 0.05) is 0 Å². The van der Waals surface area contributed by atoms with Crippen LogP contribution in [0.4, 0.5) is 13.2 Å². The van der Waals surface area contributed by atoms with Crippen molar-refractivity contribution in [3.05, 3.63) is 10.1 Å². The first-order valence-electron chi connectivity index (χ1n) is 2.34. The predicted octanol–water partition coefficient (Wildman–Crippen LogP) is 0.246. The summed E-state index contributed by atoms with van der Waals surface area (Å²) in [5, 5.41) is 9.76. The Hall–Kier alpha value is -1.05. The average molecular weight is 207 g/mol. The van der Waals surface area contributed by atoms with Crippen molar-refractivity contribution in [2.24, 2.45) is 5.73 Å². The van der Waals surface area contributed by atoms with E-state index in [0.717, 1.165) is 0 Å². The van der Waals surface area contributed by atoms with Crippen molar-refractivity contribution in [2.75, 3.05) is 0 Å². The van der Waals surface area contributed by atoms with Crippen molar-refractivity contribution in [1.29, 1.82) is 0 Å². The minimum Gasteiger partial charge on any atom is -0.362 e. The van der Waals surface area contributed by atoms with Crippen LogP contribution in [0, 0.1) is 10.1 Å². The van der Waals surface area contributed by atoms with E-state index in [9.17, 15) is 28.1 Å². The Labute approximate surface area is 68.4 Å². The number of amides is 1. The van der Waals surface area contributed by atoms with Crippen LogP contribution in [0.3, 0.4) is 0 Å². The first kappa shape index (κ1) is 11.0. The molecule has 9 heteroatoms. The zero-order valence-corrected chi connectivity index (χ0v) is 6.02. The van der Waals surface area contributed by atoms with Gasteiger partial charge in [0.25, 0.3) is 0 Å². The number of rotatable bonds is 2. The fourth-order valence-corrected chi connectivity index (χ4v) is 0.333. The van der Waals surface area contributed by atoms with E-state index >= 15 is 0 Å². The van der Waals surface area contributed by atoms with Crippen LogP contribution in [0.5, 0.6) is 0 Å². The molecule has 1 atom stereocenters. The van der Waals surface area contributed by atoms with E-state index in [1.807, 2.05) is 0 Å². The van der Waals surface area contributed by atoms with Gasteiger partial charge in [-0.05, 0) is 11.6 Å². The molecule has 0 aromatic heterocycles. The van der Waals surface area contributed by atoms with E-state index in [-0.39, 0.29) is 0 Å². The highest BCUT2D eigenvalue weighted by molar-refractivity contribution is 6.33. The quantitative estimate of drug-likeness (QED) is 0.304. The summed E-state index contributed by atoms with van der Waals surface area (Å²) < 4.78 is 35.2. The van der Waals surface area contributed by atoms with Crippen molar-refractivity contribution in [3.63, 3.8) is 0 Å². The molecular weight excluding hydrogens is 204 g/mol. The third-order valence-corrected chi connectivity index (χ3v) is 1.49. The molecule has 0 radical (unpaired) electrons. The number of alkyl halides is 4. The highest BCUT2D eigenvalue weighted by Crippen LogP contribution is 2.36. The molecule has 70 valence electrons. The summed E-state index contributed by atoms with van der Waals surface area (Å²) >= 11 is 4.39. The van der Waals surface area contributed by atoms with E-state index in [2.05, 4.69) is 17.3 Å². The average Bonchev–Trinajstić information content (AvgIpc) is 1.82. The maximum atomic E-state index is 11.7. The van der Waals surface area contributed by atoms with Gasteiger partial charge < -0.3 is 5.73 Å². The van der Waals surface area contributed by atoms with Gasteiger partial charge in [0.05, 0.1) is 4.92 Å². The van der Waals surface area contributed by atoms with Gasteiger partial charge in [0.2, 0.25) is 0 Å². The summed E-state index contributed by atoms with van der Waals surface area (Å²) in [6.07, 6.45) is -5.51. The zero-order valence-electron chi connectivity index (χ0n) is 5.26. The van der Waals surface area contributed by atoms with Crippen molar-refractivity contribution in [3.8, 4) is 0 Å². The Morgan fingerprint density at radius 2 is 1.83 bits per heavy atom. The van der Waals surface area contributed by atoms with Gasteiger partial charge in [0.1, 0.15) is 0 Å². The molecule has 0 aromatic rings. The Morgan fingerprint density at radius 3 is 1.83 bits per heavy atom. The number of carbonyl (C=O) groups excluding carboxylic acids is 1. The number of halogens is 4. The minimum atomic E-state index is -5.51. The lowest BCUT2D eigenvalue weighted by Gasteiger charge is -2.16. The number of nitrogens with zero attached hydrogens (tertiary/aromatic N) is 1. The summed E-state index contributed by atoms with van der Waals surface area (Å²) in [5.74, 6) is -2.26. The van der Waals surface area contributed by atoms with Crippen LogP contribution in [-0.2, 0) is 4.79 Å². The smallest absolute Gasteiger partial charge is 0.362 e. The summed E-state index contributed by atoms with van der Waals surface area (Å²) in [5.41, 5.74) is 4.13. The molecular formula is C3H2ClF3N2O3. The molecule has 0 aliphatic rings. The minimum absolute atomic E-state index is 1.99. The molecule has 0 saturated heterocycles. The van der Waals surface area contributed by atoms with Crippen LogP contribution in [0.15, 0.2) is 0 Å². The number of nitro groups is 1. The normalized spacial score (nSPS) is 16.7. The topological polar surface area (TPSA) is 86.2 Å². The molecule has 0 spiro atoms. The molecule has 0 aliphatic carbocycles. The molecule has 0 aromatic carbocycles. The molecule has 0 rings (SSSR count). The number of hydrogen-bond donors (Lipinski definition) is 1. The van der Waals surface area contributed by atoms with E-state index in [0.29, 0.717) is 0 Å². The second-order valence-electron chi connectivity index (χ2n) is 1.74. The maximum absolute atomic E-state index is 11.7. The summed E-state index contributed by atoms with van der Waals surface area (Å²) in [6.45, 7) is 0. The largest absolute Gasteiger partial charge is 0.487 e. The molecule has 1 amide bonds. The van der Waals surface area contributed by atoms with E-state index < -0.39 is 22.0 Å². The van der Waals surface area contributed by atoms with Crippen molar-refractivity contribution >= 4 is 17.5 Å². The number of carbonyl (C=O) groups is 1. The molecule has 0 fully saturated rings. The van der Waals surface area contributed by atoms with Gasteiger partial charge in [-0.25, -0.2) is 0 Å². The van der Waals surface area contributed by atoms with Crippen LogP contribution in [-0.4, -0.2) is 22.0 Å². The number of primary amides is 1. The molecule has 0 aliphatic heterocycles. The van der Waals surface area contributed by atoms with Crippen LogP contribution < -0.4 is 5.73 Å². The number of hydrogen-bond acceptors (Lipinski definition) is 3. The summed E-state index contributed by atoms with van der Waals surface area (Å²) in [6, 6.07) is 0. The molecule has 2 N–H and O–H groups in total. The molecule has 1 unspecified atom stereocenters. The summed E-state index contributed by atoms with van der Waals surface area (Å²) in [7, 11) is 0. The molecule has 12 heavy (non-hydrogen) atoms. The van der Waals surface area contributed by atoms with E-state index in [1.54, 1.807) is 0 Å². The van der Waals surface area contributed by atoms with E-state index in [1.165, 1.54) is 0 Å². The first-order valence-corrected chi connectivity index (χ1v) is 2.72. The van der Waals surface area contributed by atoms with Gasteiger partial charge in [-0.2, -0.15) is 13.2 Å². The first-order chi connectivity index (χ1) is 5.14. The van der Waals surface area contributed by atoms with Crippen molar-refractivity contribution < 1.29 is 22.9 Å². The maximum Gasteiger partial charge on any atom is 0.487 e. The summed E-state index contributed by atoms with van der Waals surface area (Å²) in [4.78, 5) is 13.6. The van der Waals surface area contributed by atoms with Gasteiger partial charge in [-0.3, -0.25) is 14.9 Å². The Bertz CT molecular complexity index is 213. The van der Waals surface area contributed by atoms with Gasteiger partial charge >= 0.3 is 17.1 Å². The van der Waals surface area contributed by atoms with Crippen LogP contribution >= 0.6 is 11.6 Å². The second kappa shape index (κ2) is 2.77. The highest BCUT2D eigenvalue weighted by Gasteiger charge is 2.70. The zero-order chi connectivity index (χ0) is 10.2. The fraction of sp³-hybridized carbons (Fsp3) is 0.667. The fourth-order valence-electron chi connectivity index (χ4n) is 0.333. The number of nitrogens with two attached hydrogens (primary N) is 1. The molecule has 5 nitrogen and oxygen atoms in total. The van der Waals surface area contributed by atoms with Gasteiger partial charge in [0.15, 0.2) is 0 Å². The molecule has 0 heterocycles. The van der Waals surface area contributed by atoms with E-state index in [4.69, 9.17) is 0 Å². The Kier molecular flexibility index (Phi) is 2.53. The second-order valence-corrected chi connectivity index (χ2v) is 2.29. The Balaban J connectivity index is 5.17. The van der Waals surface area contributed by atoms with Crippen molar-refractivity contribution in [2.45, 2.75) is 11.2 Å². The molecule has 0 saturated carbocycles. The predicted molar refractivity (Wildman–Crippen MR) is 30.8 cm³/mol. The van der Waals surface area contributed by atoms with Gasteiger partial charge in [-0.15, -0.1) is 0 Å². The molecule has 0 bridgehead atoms. The van der Waals surface area contributed by atoms with Gasteiger partial charge in [-0.1, -0.05) is 0 Å². The lowest BCUT2D eigenvalue weighted by molar-refractivity contribution is -0.565.